The molecule has 2 aromatic carbocycles. The van der Waals surface area contributed by atoms with E-state index in [1.807, 2.05) is 30.3 Å². The molecule has 3 N–H and O–H groups in total. The number of pyridine rings is 1. The molecule has 1 aromatic heterocycles. The first-order valence-corrected chi connectivity index (χ1v) is 8.19. The largest absolute Gasteiger partial charge is 0.351 e. The van der Waals surface area contributed by atoms with Crippen molar-refractivity contribution in [2.45, 2.75) is 12.8 Å². The number of rotatable bonds is 5. The molecular formula is C20H18N3O3. The van der Waals surface area contributed by atoms with E-state index in [9.17, 15) is 14.4 Å². The van der Waals surface area contributed by atoms with Gasteiger partial charge >= 0.3 is 6.03 Å². The number of hydrogen-bond donors (Lipinski definition) is 2. The molecule has 2 amide bonds. The predicted octanol–water partition coefficient (Wildman–Crippen LogP) is 2.70. The van der Waals surface area contributed by atoms with E-state index in [4.69, 9.17) is 5.73 Å². The van der Waals surface area contributed by atoms with Gasteiger partial charge in [-0.15, -0.1) is 0 Å². The van der Waals surface area contributed by atoms with Crippen LogP contribution in [0.25, 0.3) is 10.9 Å². The number of aromatic nitrogens is 1. The minimum atomic E-state index is -0.893. The molecule has 0 saturated heterocycles. The fraction of sp³-hybridized carbons (Fsp3) is 0.100. The lowest BCUT2D eigenvalue weighted by atomic mass is 10.1. The number of amides is 2. The average Bonchev–Trinajstić information content (AvgIpc) is 2.63. The van der Waals surface area contributed by atoms with Crippen molar-refractivity contribution in [3.8, 4) is 0 Å². The van der Waals surface area contributed by atoms with E-state index < -0.39 is 17.5 Å². The van der Waals surface area contributed by atoms with Crippen molar-refractivity contribution in [2.75, 3.05) is 5.32 Å². The fourth-order valence-corrected chi connectivity index (χ4v) is 2.77. The number of fused-ring (bicyclic) bond motifs is 1. The molecule has 6 heteroatoms. The van der Waals surface area contributed by atoms with Crippen molar-refractivity contribution >= 4 is 28.5 Å². The smallest absolute Gasteiger partial charge is 0.326 e. The van der Waals surface area contributed by atoms with Crippen LogP contribution in [0, 0.1) is 6.42 Å². The number of hydrogen-bond acceptors (Lipinski definition) is 3. The maximum Gasteiger partial charge on any atom is 0.326 e. The lowest BCUT2D eigenvalue weighted by Gasteiger charge is -2.10. The number of carbonyl (C=O) groups is 2. The minimum Gasteiger partial charge on any atom is -0.351 e. The second kappa shape index (κ2) is 7.65. The molecule has 131 valence electrons. The summed E-state index contributed by atoms with van der Waals surface area (Å²) in [6, 6.07) is 17.3. The van der Waals surface area contributed by atoms with Gasteiger partial charge in [-0.25, -0.2) is 9.36 Å². The zero-order valence-electron chi connectivity index (χ0n) is 14.0. The third-order valence-electron chi connectivity index (χ3n) is 3.99. The Morgan fingerprint density at radius 3 is 2.46 bits per heavy atom. The Hall–Kier alpha value is -3.41. The molecule has 1 heterocycles. The number of para-hydroxylation sites is 1. The van der Waals surface area contributed by atoms with E-state index >= 15 is 0 Å². The van der Waals surface area contributed by atoms with E-state index in [2.05, 4.69) is 5.32 Å². The normalized spacial score (nSPS) is 10.6. The number of benzene rings is 2. The van der Waals surface area contributed by atoms with E-state index in [0.29, 0.717) is 17.3 Å². The van der Waals surface area contributed by atoms with Gasteiger partial charge in [-0.2, -0.15) is 0 Å². The van der Waals surface area contributed by atoms with Crippen LogP contribution >= 0.6 is 0 Å². The predicted molar refractivity (Wildman–Crippen MR) is 101 cm³/mol. The summed E-state index contributed by atoms with van der Waals surface area (Å²) in [7, 11) is 0. The molecule has 0 unspecified atom stereocenters. The van der Waals surface area contributed by atoms with Crippen LogP contribution in [0.15, 0.2) is 65.5 Å². The summed E-state index contributed by atoms with van der Waals surface area (Å²) in [6.45, 7) is 0. The lowest BCUT2D eigenvalue weighted by Crippen LogP contribution is -2.34. The molecule has 0 bridgehead atoms. The van der Waals surface area contributed by atoms with E-state index in [1.165, 1.54) is 6.42 Å². The topological polar surface area (TPSA) is 94.2 Å². The van der Waals surface area contributed by atoms with Gasteiger partial charge in [-0.3, -0.25) is 9.59 Å². The maximum atomic E-state index is 12.5. The highest BCUT2D eigenvalue weighted by molar-refractivity contribution is 5.99. The Bertz CT molecular complexity index is 1010. The molecule has 0 aliphatic carbocycles. The van der Waals surface area contributed by atoms with Crippen LogP contribution in [-0.2, 0) is 11.2 Å². The summed E-state index contributed by atoms with van der Waals surface area (Å²) in [5.41, 5.74) is 6.22. The lowest BCUT2D eigenvalue weighted by molar-refractivity contribution is -0.113. The maximum absolute atomic E-state index is 12.5. The van der Waals surface area contributed by atoms with Crippen LogP contribution < -0.4 is 16.6 Å². The highest BCUT2D eigenvalue weighted by Crippen LogP contribution is 2.16. The first kappa shape index (κ1) is 17.4. The van der Waals surface area contributed by atoms with Crippen LogP contribution in [0.5, 0.6) is 0 Å². The third-order valence-corrected chi connectivity index (χ3v) is 3.99. The Morgan fingerprint density at radius 2 is 1.73 bits per heavy atom. The van der Waals surface area contributed by atoms with Crippen molar-refractivity contribution in [1.29, 1.82) is 0 Å². The summed E-state index contributed by atoms with van der Waals surface area (Å²) < 4.78 is 0.856. The SMILES string of the molecule is NC(=O)n1c(=O)c(NC(=O)[CH]CCc2ccccc2)cc2ccccc21. The zero-order chi connectivity index (χ0) is 18.5. The molecule has 3 rings (SSSR count). The van der Waals surface area contributed by atoms with Crippen molar-refractivity contribution in [3.05, 3.63) is 83.0 Å². The number of nitrogens with zero attached hydrogens (tertiary/aromatic N) is 1. The van der Waals surface area contributed by atoms with Gasteiger partial charge in [0.2, 0.25) is 5.91 Å². The molecule has 0 aliphatic rings. The average molecular weight is 348 g/mol. The number of aryl methyl sites for hydroxylation is 1. The second-order valence-electron chi connectivity index (χ2n) is 5.81. The van der Waals surface area contributed by atoms with E-state index in [0.717, 1.165) is 16.6 Å². The molecule has 0 spiro atoms. The van der Waals surface area contributed by atoms with Crippen LogP contribution in [0.4, 0.5) is 10.5 Å². The summed E-state index contributed by atoms with van der Waals surface area (Å²) in [6.07, 6.45) is 2.74. The van der Waals surface area contributed by atoms with Crippen LogP contribution in [0.1, 0.15) is 12.0 Å². The highest BCUT2D eigenvalue weighted by atomic mass is 16.2. The molecule has 6 nitrogen and oxygen atoms in total. The summed E-state index contributed by atoms with van der Waals surface area (Å²) >= 11 is 0. The molecule has 3 aromatic rings. The number of anilines is 1. The molecule has 0 atom stereocenters. The standard InChI is InChI=1S/C20H18N3O3/c21-20(26)23-17-11-5-4-10-15(17)13-16(19(23)25)22-18(24)12-6-9-14-7-2-1-3-8-14/h1-5,7-8,10-13H,6,9H2,(H2,21,26)(H,22,24). The Kier molecular flexibility index (Phi) is 5.12. The van der Waals surface area contributed by atoms with Gasteiger partial charge < -0.3 is 11.1 Å². The molecule has 26 heavy (non-hydrogen) atoms. The van der Waals surface area contributed by atoms with Crippen molar-refractivity contribution in [1.82, 2.24) is 4.57 Å². The zero-order valence-corrected chi connectivity index (χ0v) is 14.0. The van der Waals surface area contributed by atoms with Gasteiger partial charge in [-0.05, 0) is 30.5 Å². The monoisotopic (exact) mass is 348 g/mol. The third kappa shape index (κ3) is 3.80. The molecule has 1 radical (unpaired) electrons. The Labute approximate surface area is 150 Å². The molecule has 0 fully saturated rings. The second-order valence-corrected chi connectivity index (χ2v) is 5.81. The summed E-state index contributed by atoms with van der Waals surface area (Å²) in [4.78, 5) is 36.3. The number of nitrogens with one attached hydrogen (secondary N) is 1. The van der Waals surface area contributed by atoms with Crippen molar-refractivity contribution in [2.24, 2.45) is 5.73 Å². The van der Waals surface area contributed by atoms with Gasteiger partial charge in [0.25, 0.3) is 5.56 Å². The van der Waals surface area contributed by atoms with Gasteiger partial charge in [0, 0.05) is 5.39 Å². The van der Waals surface area contributed by atoms with E-state index in [-0.39, 0.29) is 5.69 Å². The van der Waals surface area contributed by atoms with Gasteiger partial charge in [0.1, 0.15) is 5.69 Å². The van der Waals surface area contributed by atoms with E-state index in [1.54, 1.807) is 30.3 Å². The highest BCUT2D eigenvalue weighted by Gasteiger charge is 2.14. The molecule has 0 saturated carbocycles. The Morgan fingerprint density at radius 1 is 1.04 bits per heavy atom. The first-order valence-electron chi connectivity index (χ1n) is 8.19. The first-order chi connectivity index (χ1) is 12.6. The van der Waals surface area contributed by atoms with Gasteiger partial charge in [0.15, 0.2) is 0 Å². The summed E-state index contributed by atoms with van der Waals surface area (Å²) in [5, 5.41) is 3.18. The number of carbonyl (C=O) groups excluding carboxylic acids is 2. The van der Waals surface area contributed by atoms with Crippen molar-refractivity contribution < 1.29 is 9.59 Å². The molecular weight excluding hydrogens is 330 g/mol. The van der Waals surface area contributed by atoms with Gasteiger partial charge in [-0.1, -0.05) is 48.5 Å². The quantitative estimate of drug-likeness (QED) is 0.742. The number of primary amides is 1. The van der Waals surface area contributed by atoms with Crippen LogP contribution in [0.3, 0.4) is 0 Å². The summed E-state index contributed by atoms with van der Waals surface area (Å²) in [5.74, 6) is -0.399. The fourth-order valence-electron chi connectivity index (χ4n) is 2.77. The van der Waals surface area contributed by atoms with Crippen LogP contribution in [-0.4, -0.2) is 16.5 Å². The van der Waals surface area contributed by atoms with Crippen LogP contribution in [0.2, 0.25) is 0 Å². The Balaban J connectivity index is 1.76. The molecule has 0 aliphatic heterocycles. The van der Waals surface area contributed by atoms with Gasteiger partial charge in [0.05, 0.1) is 11.9 Å². The van der Waals surface area contributed by atoms with Crippen molar-refractivity contribution in [3.63, 3.8) is 0 Å². The number of nitrogens with two attached hydrogens (primary N) is 1. The minimum absolute atomic E-state index is 0.0171.